The quantitative estimate of drug-likeness (QED) is 0.276. The van der Waals surface area contributed by atoms with Crippen molar-refractivity contribution >= 4 is 44.6 Å². The largest absolute Gasteiger partial charge is 0.508 e. The molecule has 3 saturated heterocycles. The molecule has 238 valence electrons. The Hall–Kier alpha value is -4.28. The number of aryl methyl sites for hydroxylation is 3. The van der Waals surface area contributed by atoms with E-state index < -0.39 is 0 Å². The zero-order valence-electron chi connectivity index (χ0n) is 27.5. The number of phenolic OH excluding ortho intramolecular Hbond substituents is 1. The van der Waals surface area contributed by atoms with Crippen LogP contribution in [0, 0.1) is 19.8 Å². The van der Waals surface area contributed by atoms with E-state index in [1.165, 1.54) is 0 Å². The Labute approximate surface area is 269 Å². The molecule has 2 aromatic carbocycles. The Morgan fingerprint density at radius 2 is 1.80 bits per heavy atom. The van der Waals surface area contributed by atoms with Crippen LogP contribution < -0.4 is 10.2 Å². The van der Waals surface area contributed by atoms with Gasteiger partial charge in [-0.2, -0.15) is 0 Å². The average molecular weight is 619 g/mol. The zero-order chi connectivity index (χ0) is 32.0. The van der Waals surface area contributed by atoms with E-state index in [2.05, 4.69) is 53.7 Å². The van der Waals surface area contributed by atoms with Crippen molar-refractivity contribution in [2.75, 3.05) is 52.7 Å². The van der Waals surface area contributed by atoms with Gasteiger partial charge in [0.05, 0.1) is 11.6 Å². The molecule has 46 heavy (non-hydrogen) atoms. The van der Waals surface area contributed by atoms with Crippen LogP contribution in [0.25, 0.3) is 44.0 Å². The van der Waals surface area contributed by atoms with Crippen LogP contribution in [0.1, 0.15) is 36.0 Å². The molecule has 5 aromatic rings. The molecule has 6 heterocycles. The van der Waals surface area contributed by atoms with Gasteiger partial charge in [-0.1, -0.05) is 24.3 Å². The predicted octanol–water partition coefficient (Wildman–Crippen LogP) is 4.43. The number of hydrogen-bond acceptors (Lipinski definition) is 8. The lowest BCUT2D eigenvalue weighted by atomic mass is 9.79. The number of nitrogens with one attached hydrogen (secondary N) is 1. The van der Waals surface area contributed by atoms with E-state index in [9.17, 15) is 9.90 Å². The molecular weight excluding hydrogens is 576 g/mol. The minimum atomic E-state index is 0.0980. The second-order valence-corrected chi connectivity index (χ2v) is 14.0. The molecule has 10 heteroatoms. The number of likely N-dealkylation sites (N-methyl/N-ethyl adjacent to an activating group) is 1. The average Bonchev–Trinajstić information content (AvgIpc) is 3.72. The molecule has 4 fully saturated rings. The zero-order valence-corrected chi connectivity index (χ0v) is 27.5. The highest BCUT2D eigenvalue weighted by molar-refractivity contribution is 6.09. The van der Waals surface area contributed by atoms with Gasteiger partial charge < -0.3 is 29.7 Å². The van der Waals surface area contributed by atoms with E-state index in [-0.39, 0.29) is 17.7 Å². The van der Waals surface area contributed by atoms with Crippen LogP contribution in [-0.4, -0.2) is 100 Å². The van der Waals surface area contributed by atoms with Crippen molar-refractivity contribution in [2.24, 2.45) is 5.92 Å². The number of amides is 1. The number of phenols is 1. The minimum absolute atomic E-state index is 0.0980. The molecule has 1 saturated carbocycles. The molecule has 3 aromatic heterocycles. The summed E-state index contributed by atoms with van der Waals surface area (Å²) in [6.07, 6.45) is 2.13. The third-order valence-electron chi connectivity index (χ3n) is 10.7. The molecule has 0 spiro atoms. The fourth-order valence-corrected chi connectivity index (χ4v) is 8.02. The Balaban J connectivity index is 1.40. The second-order valence-electron chi connectivity index (χ2n) is 14.0. The molecule has 3 unspecified atom stereocenters. The van der Waals surface area contributed by atoms with E-state index >= 15 is 0 Å². The highest BCUT2D eigenvalue weighted by Gasteiger charge is 2.49. The molecule has 9 rings (SSSR count). The number of carbonyl (C=O) groups is 1. The van der Waals surface area contributed by atoms with Gasteiger partial charge >= 0.3 is 0 Å². The number of benzene rings is 2. The molecule has 3 aliphatic heterocycles. The summed E-state index contributed by atoms with van der Waals surface area (Å²) in [5.41, 5.74) is 7.51. The molecular formula is C36H42N8O2. The minimum Gasteiger partial charge on any atom is -0.508 e. The highest BCUT2D eigenvalue weighted by Crippen LogP contribution is 2.48. The maximum absolute atomic E-state index is 12.8. The van der Waals surface area contributed by atoms with Gasteiger partial charge in [-0.25, -0.2) is 15.0 Å². The number of hydrogen-bond donors (Lipinski definition) is 2. The molecule has 10 nitrogen and oxygen atoms in total. The molecule has 1 aliphatic carbocycles. The van der Waals surface area contributed by atoms with Crippen molar-refractivity contribution < 1.29 is 9.90 Å². The lowest BCUT2D eigenvalue weighted by molar-refractivity contribution is -0.128. The van der Waals surface area contributed by atoms with E-state index in [4.69, 9.17) is 15.0 Å². The Kier molecular flexibility index (Phi) is 6.74. The van der Waals surface area contributed by atoms with Gasteiger partial charge in [0.25, 0.3) is 0 Å². The summed E-state index contributed by atoms with van der Waals surface area (Å²) >= 11 is 0. The standard InChI is InChI=1S/C36H42N8O2/c1-19-30(26-15-24(45)13-21-9-7-8-10-25(21)26)20(2)38-32-31(19)40-36(43-17-23(18-43)41(3)4)33-35(32)44(34-22-14-27(34)37-16-22)28(39-33)11-12-29(46)42(5)6/h7-10,13,15,22-23,27,34,37,45H,11-12,14,16-18H2,1-6H3. The number of nitrogens with zero attached hydrogens (tertiary/aromatic N) is 7. The topological polar surface area (TPSA) is 103 Å². The number of carbonyl (C=O) groups excluding carboxylic acids is 1. The van der Waals surface area contributed by atoms with Crippen LogP contribution in [0.5, 0.6) is 5.75 Å². The number of pyridine rings is 2. The number of aromatic nitrogens is 4. The van der Waals surface area contributed by atoms with Crippen LogP contribution in [0.15, 0.2) is 36.4 Å². The summed E-state index contributed by atoms with van der Waals surface area (Å²) in [4.78, 5) is 35.1. The SMILES string of the molecule is Cc1nc2c(nc(N3CC(N(C)C)C3)c3nc(CCC(=O)N(C)C)n(C4C5CNC4C5)c32)c(C)c1-c1cc(O)cc2ccccc12. The van der Waals surface area contributed by atoms with E-state index in [1.54, 1.807) is 4.90 Å². The molecule has 0 radical (unpaired) electrons. The number of aromatic hydroxyl groups is 1. The van der Waals surface area contributed by atoms with Gasteiger partial charge in [0.2, 0.25) is 5.91 Å². The van der Waals surface area contributed by atoms with Crippen LogP contribution in [0.4, 0.5) is 5.82 Å². The summed E-state index contributed by atoms with van der Waals surface area (Å²) in [6, 6.07) is 12.9. The summed E-state index contributed by atoms with van der Waals surface area (Å²) in [6.45, 7) is 6.95. The Bertz CT molecular complexity index is 2030. The van der Waals surface area contributed by atoms with Gasteiger partial charge in [0, 0.05) is 69.9 Å². The lowest BCUT2D eigenvalue weighted by Gasteiger charge is -2.43. The Morgan fingerprint density at radius 3 is 2.50 bits per heavy atom. The smallest absolute Gasteiger partial charge is 0.222 e. The predicted molar refractivity (Wildman–Crippen MR) is 183 cm³/mol. The normalized spacial score (nSPS) is 21.0. The first kappa shape index (κ1) is 29.1. The van der Waals surface area contributed by atoms with Crippen molar-refractivity contribution in [3.05, 3.63) is 53.5 Å². The van der Waals surface area contributed by atoms with Gasteiger partial charge in [-0.05, 0) is 74.3 Å². The van der Waals surface area contributed by atoms with Gasteiger partial charge in [-0.3, -0.25) is 4.79 Å². The van der Waals surface area contributed by atoms with Crippen molar-refractivity contribution in [3.63, 3.8) is 0 Å². The fraction of sp³-hybridized carbons (Fsp3) is 0.444. The van der Waals surface area contributed by atoms with Crippen LogP contribution >= 0.6 is 0 Å². The summed E-state index contributed by atoms with van der Waals surface area (Å²) in [7, 11) is 7.87. The molecule has 3 atom stereocenters. The lowest BCUT2D eigenvalue weighted by Crippen LogP contribution is -2.57. The van der Waals surface area contributed by atoms with E-state index in [0.29, 0.717) is 30.8 Å². The first-order chi connectivity index (χ1) is 22.1. The maximum Gasteiger partial charge on any atom is 0.222 e. The van der Waals surface area contributed by atoms with Crippen molar-refractivity contribution in [3.8, 4) is 16.9 Å². The first-order valence-electron chi connectivity index (χ1n) is 16.4. The first-order valence-corrected chi connectivity index (χ1v) is 16.4. The summed E-state index contributed by atoms with van der Waals surface area (Å²) in [5, 5.41) is 16.5. The number of anilines is 1. The maximum atomic E-state index is 12.8. The van der Waals surface area contributed by atoms with Crippen LogP contribution in [0.2, 0.25) is 0 Å². The highest BCUT2D eigenvalue weighted by atomic mass is 16.3. The summed E-state index contributed by atoms with van der Waals surface area (Å²) in [5.74, 6) is 2.68. The fourth-order valence-electron chi connectivity index (χ4n) is 8.02. The number of fused-ring (bicyclic) bond motifs is 5. The van der Waals surface area contributed by atoms with Gasteiger partial charge in [0.15, 0.2) is 5.82 Å². The van der Waals surface area contributed by atoms with Gasteiger partial charge in [-0.15, -0.1) is 0 Å². The monoisotopic (exact) mass is 618 g/mol. The van der Waals surface area contributed by atoms with E-state index in [1.807, 2.05) is 44.4 Å². The van der Waals surface area contributed by atoms with E-state index in [0.717, 1.165) is 92.9 Å². The van der Waals surface area contributed by atoms with Crippen LogP contribution in [0.3, 0.4) is 0 Å². The molecule has 4 aliphatic rings. The molecule has 2 N–H and O–H groups in total. The third-order valence-corrected chi connectivity index (χ3v) is 10.7. The number of rotatable bonds is 7. The van der Waals surface area contributed by atoms with Crippen molar-refractivity contribution in [1.82, 2.24) is 34.6 Å². The molecule has 1 amide bonds. The molecule has 2 bridgehead atoms. The summed E-state index contributed by atoms with van der Waals surface area (Å²) < 4.78 is 2.43. The second kappa shape index (κ2) is 10.6. The van der Waals surface area contributed by atoms with Crippen molar-refractivity contribution in [2.45, 2.75) is 51.2 Å². The third kappa shape index (κ3) is 4.37. The van der Waals surface area contributed by atoms with Gasteiger partial charge in [0.1, 0.15) is 28.1 Å². The van der Waals surface area contributed by atoms with Crippen molar-refractivity contribution in [1.29, 1.82) is 0 Å². The Morgan fingerprint density at radius 1 is 1.02 bits per heavy atom. The number of imidazole rings is 1. The van der Waals surface area contributed by atoms with Crippen LogP contribution in [-0.2, 0) is 11.2 Å².